The maximum atomic E-state index is 13.4. The molecule has 0 radical (unpaired) electrons. The molecule has 1 N–H and O–H groups in total. The second-order valence-corrected chi connectivity index (χ2v) is 5.18. The number of rotatable bonds is 1. The van der Waals surface area contributed by atoms with E-state index >= 15 is 0 Å². The molecule has 0 aliphatic rings. The van der Waals surface area contributed by atoms with Crippen LogP contribution in [0.3, 0.4) is 0 Å². The van der Waals surface area contributed by atoms with Crippen LogP contribution >= 0.6 is 11.6 Å². The van der Waals surface area contributed by atoms with Gasteiger partial charge >= 0.3 is 11.9 Å². The summed E-state index contributed by atoms with van der Waals surface area (Å²) < 4.78 is 41.0. The molecule has 0 atom stereocenters. The van der Waals surface area contributed by atoms with E-state index < -0.39 is 17.4 Å². The van der Waals surface area contributed by atoms with Crippen LogP contribution in [-0.4, -0.2) is 9.55 Å². The van der Waals surface area contributed by atoms with E-state index in [4.69, 9.17) is 18.2 Å². The number of fused-ring (bicyclic) bond motifs is 1. The molecular weight excluding hydrogens is 331 g/mol. The number of hydrogen-bond donors (Lipinski definition) is 1. The van der Waals surface area contributed by atoms with Crippen molar-refractivity contribution in [2.45, 2.75) is 6.18 Å². The highest BCUT2D eigenvalue weighted by atomic mass is 35.5. The third-order valence-corrected chi connectivity index (χ3v) is 3.50. The molecule has 8 heteroatoms. The Bertz CT molecular complexity index is 1010. The van der Waals surface area contributed by atoms with Crippen molar-refractivity contribution < 1.29 is 13.2 Å². The molecule has 3 aromatic rings. The van der Waals surface area contributed by atoms with E-state index in [0.717, 1.165) is 10.6 Å². The van der Waals surface area contributed by atoms with Gasteiger partial charge in [0, 0.05) is 5.02 Å². The van der Waals surface area contributed by atoms with Gasteiger partial charge in [-0.3, -0.25) is 4.57 Å². The molecule has 23 heavy (non-hydrogen) atoms. The molecule has 0 saturated heterocycles. The van der Waals surface area contributed by atoms with Crippen LogP contribution in [0.1, 0.15) is 5.56 Å². The molecule has 0 saturated carbocycles. The number of nitrogens with zero attached hydrogens (tertiary/aromatic N) is 2. The average Bonchev–Trinajstić information content (AvgIpc) is 2.80. The second-order valence-electron chi connectivity index (χ2n) is 4.74. The standard InChI is InChI=1S/C15H7ClF3N3O/c1-20-9-6-11(15(17,18)19)13-12(7-9)21-14(23)22(13)10-4-2-3-8(16)5-10/h2-7H,(H,21,23). The van der Waals surface area contributed by atoms with Crippen LogP contribution in [0, 0.1) is 6.57 Å². The molecule has 0 bridgehead atoms. The van der Waals surface area contributed by atoms with Gasteiger partial charge in [0.2, 0.25) is 0 Å². The molecule has 4 nitrogen and oxygen atoms in total. The fourth-order valence-corrected chi connectivity index (χ4v) is 2.55. The molecule has 0 spiro atoms. The van der Waals surface area contributed by atoms with E-state index in [9.17, 15) is 18.0 Å². The highest BCUT2D eigenvalue weighted by Crippen LogP contribution is 2.37. The lowest BCUT2D eigenvalue weighted by molar-refractivity contribution is -0.136. The number of benzene rings is 2. The molecule has 1 heterocycles. The largest absolute Gasteiger partial charge is 0.417 e. The van der Waals surface area contributed by atoms with Crippen LogP contribution < -0.4 is 5.69 Å². The Morgan fingerprint density at radius 1 is 1.22 bits per heavy atom. The van der Waals surface area contributed by atoms with Crippen molar-refractivity contribution in [1.29, 1.82) is 0 Å². The summed E-state index contributed by atoms with van der Waals surface area (Å²) in [5, 5.41) is 0.287. The van der Waals surface area contributed by atoms with Crippen molar-refractivity contribution in [2.24, 2.45) is 0 Å². The minimum Gasteiger partial charge on any atom is -0.306 e. The quantitative estimate of drug-likeness (QED) is 0.651. The number of alkyl halides is 3. The summed E-state index contributed by atoms with van der Waals surface area (Å²) in [6.07, 6.45) is -4.71. The van der Waals surface area contributed by atoms with Crippen molar-refractivity contribution in [3.63, 3.8) is 0 Å². The lowest BCUT2D eigenvalue weighted by Crippen LogP contribution is -2.16. The third kappa shape index (κ3) is 2.58. The SMILES string of the molecule is [C-]#[N+]c1cc(C(F)(F)F)c2c(c1)[nH]c(=O)n2-c1cccc(Cl)c1. The van der Waals surface area contributed by atoms with Crippen LogP contribution in [0.2, 0.25) is 5.02 Å². The van der Waals surface area contributed by atoms with E-state index in [-0.39, 0.29) is 27.4 Å². The zero-order valence-electron chi connectivity index (χ0n) is 11.3. The van der Waals surface area contributed by atoms with Gasteiger partial charge in [-0.05, 0) is 30.3 Å². The van der Waals surface area contributed by atoms with Crippen molar-refractivity contribution in [3.8, 4) is 5.69 Å². The Kier molecular flexibility index (Phi) is 3.42. The number of nitrogens with one attached hydrogen (secondary N) is 1. The van der Waals surface area contributed by atoms with Crippen LogP contribution in [-0.2, 0) is 6.18 Å². The molecule has 0 unspecified atom stereocenters. The van der Waals surface area contributed by atoms with Gasteiger partial charge in [-0.1, -0.05) is 17.7 Å². The Morgan fingerprint density at radius 3 is 2.57 bits per heavy atom. The summed E-state index contributed by atoms with van der Waals surface area (Å²) in [7, 11) is 0. The van der Waals surface area contributed by atoms with Crippen molar-refractivity contribution >= 4 is 28.3 Å². The van der Waals surface area contributed by atoms with Gasteiger partial charge in [-0.15, -0.1) is 0 Å². The van der Waals surface area contributed by atoms with Gasteiger partial charge < -0.3 is 4.98 Å². The molecule has 0 amide bonds. The number of halogens is 4. The van der Waals surface area contributed by atoms with E-state index in [2.05, 4.69) is 9.83 Å². The topological polar surface area (TPSA) is 42.1 Å². The maximum absolute atomic E-state index is 13.4. The molecular formula is C15H7ClF3N3O. The van der Waals surface area contributed by atoms with E-state index in [1.54, 1.807) is 6.07 Å². The number of hydrogen-bond acceptors (Lipinski definition) is 1. The minimum absolute atomic E-state index is 0.0594. The fraction of sp³-hybridized carbons (Fsp3) is 0.0667. The van der Waals surface area contributed by atoms with Gasteiger partial charge in [-0.2, -0.15) is 13.2 Å². The fourth-order valence-electron chi connectivity index (χ4n) is 2.37. The van der Waals surface area contributed by atoms with Crippen LogP contribution in [0.4, 0.5) is 18.9 Å². The molecule has 0 aliphatic heterocycles. The summed E-state index contributed by atoms with van der Waals surface area (Å²) in [5.41, 5.74) is -2.19. The predicted octanol–water partition coefficient (Wildman–Crippen LogP) is 4.54. The summed E-state index contributed by atoms with van der Waals surface area (Å²) >= 11 is 5.86. The second kappa shape index (κ2) is 5.18. The first-order valence-electron chi connectivity index (χ1n) is 6.30. The molecule has 3 rings (SSSR count). The number of H-pyrrole nitrogens is 1. The normalized spacial score (nSPS) is 11.6. The summed E-state index contributed by atoms with van der Waals surface area (Å²) in [4.78, 5) is 17.5. The zero-order chi connectivity index (χ0) is 16.8. The smallest absolute Gasteiger partial charge is 0.306 e. The molecule has 0 aliphatic carbocycles. The van der Waals surface area contributed by atoms with Crippen molar-refractivity contribution in [2.75, 3.05) is 0 Å². The number of imidazole rings is 1. The Morgan fingerprint density at radius 2 is 1.96 bits per heavy atom. The van der Waals surface area contributed by atoms with Gasteiger partial charge in [0.25, 0.3) is 0 Å². The highest BCUT2D eigenvalue weighted by Gasteiger charge is 2.35. The molecule has 1 aromatic heterocycles. The van der Waals surface area contributed by atoms with E-state index in [1.165, 1.54) is 24.3 Å². The van der Waals surface area contributed by atoms with Crippen molar-refractivity contribution in [1.82, 2.24) is 9.55 Å². The first-order chi connectivity index (χ1) is 10.8. The van der Waals surface area contributed by atoms with Gasteiger partial charge in [0.05, 0.1) is 28.9 Å². The highest BCUT2D eigenvalue weighted by molar-refractivity contribution is 6.30. The van der Waals surface area contributed by atoms with Crippen LogP contribution in [0.5, 0.6) is 0 Å². The lowest BCUT2D eigenvalue weighted by Gasteiger charge is -2.12. The maximum Gasteiger partial charge on any atom is 0.417 e. The number of aromatic amines is 1. The average molecular weight is 338 g/mol. The zero-order valence-corrected chi connectivity index (χ0v) is 12.0. The Balaban J connectivity index is 2.47. The molecule has 0 fully saturated rings. The Hall–Kier alpha value is -2.72. The van der Waals surface area contributed by atoms with Crippen LogP contribution in [0.25, 0.3) is 21.6 Å². The van der Waals surface area contributed by atoms with Gasteiger partial charge in [0.15, 0.2) is 5.69 Å². The summed E-state index contributed by atoms with van der Waals surface area (Å²) in [6.45, 7) is 6.91. The Labute approximate surface area is 132 Å². The van der Waals surface area contributed by atoms with Gasteiger partial charge in [-0.25, -0.2) is 9.64 Å². The third-order valence-electron chi connectivity index (χ3n) is 3.26. The molecule has 116 valence electrons. The van der Waals surface area contributed by atoms with Crippen LogP contribution in [0.15, 0.2) is 41.2 Å². The first kappa shape index (κ1) is 15.2. The van der Waals surface area contributed by atoms with Gasteiger partial charge in [0.1, 0.15) is 0 Å². The van der Waals surface area contributed by atoms with Crippen molar-refractivity contribution in [3.05, 3.63) is 68.9 Å². The summed E-state index contributed by atoms with van der Waals surface area (Å²) in [6, 6.07) is 7.88. The number of aromatic nitrogens is 2. The first-order valence-corrected chi connectivity index (χ1v) is 6.68. The van der Waals surface area contributed by atoms with E-state index in [0.29, 0.717) is 0 Å². The minimum atomic E-state index is -4.71. The monoisotopic (exact) mass is 337 g/mol. The predicted molar refractivity (Wildman–Crippen MR) is 80.2 cm³/mol. The lowest BCUT2D eigenvalue weighted by atomic mass is 10.1. The molecule has 2 aromatic carbocycles. The summed E-state index contributed by atoms with van der Waals surface area (Å²) in [5.74, 6) is 0. The van der Waals surface area contributed by atoms with E-state index in [1.807, 2.05) is 0 Å².